The molecule has 0 aliphatic heterocycles. The largest absolute Gasteiger partial charge is 1.00 e. The molecule has 0 aromatic heterocycles. The van der Waals surface area contributed by atoms with Gasteiger partial charge in [-0.25, -0.2) is 0 Å². The second kappa shape index (κ2) is 5.38. The van der Waals surface area contributed by atoms with Crippen LogP contribution in [0.5, 0.6) is 0 Å². The number of hydrogen-bond donors (Lipinski definition) is 2. The van der Waals surface area contributed by atoms with Gasteiger partial charge < -0.3 is 22.6 Å². The smallest absolute Gasteiger partial charge is 0.0907 e. The summed E-state index contributed by atoms with van der Waals surface area (Å²) in [5.41, 5.74) is 5.20. The Morgan fingerprint density at radius 2 is 1.82 bits per heavy atom. The maximum Gasteiger partial charge on any atom is 0.0907 e. The maximum absolute atomic E-state index is 6.97. The molecule has 0 saturated heterocycles. The Hall–Kier alpha value is -0.280. The fourth-order valence-corrected chi connectivity index (χ4v) is 0.744. The van der Waals surface area contributed by atoms with Gasteiger partial charge in [-0.2, -0.15) is 0 Å². The molecule has 0 fully saturated rings. The molecule has 11 heavy (non-hydrogen) atoms. The second-order valence-corrected chi connectivity index (χ2v) is 3.64. The number of rotatable bonds is 4. The van der Waals surface area contributed by atoms with Crippen molar-refractivity contribution in [1.29, 1.82) is 5.41 Å². The fraction of sp³-hybridized carbons (Fsp3) is 0.857. The number of quaternary nitrogens is 1. The Balaban J connectivity index is 0. The molecular formula is C7H18ClN3. The van der Waals surface area contributed by atoms with E-state index in [-0.39, 0.29) is 12.4 Å². The first-order valence-electron chi connectivity index (χ1n) is 3.55. The summed E-state index contributed by atoms with van der Waals surface area (Å²) in [6.45, 7) is 1.08. The highest BCUT2D eigenvalue weighted by Crippen LogP contribution is 1.95. The van der Waals surface area contributed by atoms with Gasteiger partial charge in [-0.05, 0) is 0 Å². The van der Waals surface area contributed by atoms with Gasteiger partial charge >= 0.3 is 0 Å². The summed E-state index contributed by atoms with van der Waals surface area (Å²) < 4.78 is 0.952. The zero-order valence-corrected chi connectivity index (χ0v) is 8.28. The number of hydrogen-bond acceptors (Lipinski definition) is 1. The standard InChI is InChI=1S/C7H18N3.ClH/c1-10(2,3)6-4-5-7(8)9;/h4-6H2,1-3H3,(H3,8,9);1H/q+1;/p-1. The van der Waals surface area contributed by atoms with Crippen LogP contribution in [0.15, 0.2) is 0 Å². The molecule has 0 aromatic carbocycles. The van der Waals surface area contributed by atoms with Gasteiger partial charge in [0.1, 0.15) is 0 Å². The first-order valence-corrected chi connectivity index (χ1v) is 3.55. The van der Waals surface area contributed by atoms with Crippen LogP contribution < -0.4 is 18.1 Å². The number of halogens is 1. The Labute approximate surface area is 75.1 Å². The van der Waals surface area contributed by atoms with E-state index in [1.807, 2.05) is 0 Å². The average Bonchev–Trinajstić information content (AvgIpc) is 1.59. The molecule has 0 unspecified atom stereocenters. The van der Waals surface area contributed by atoms with E-state index in [0.29, 0.717) is 5.84 Å². The molecule has 0 aromatic rings. The number of nitrogens with two attached hydrogens (primary N) is 1. The molecule has 0 heterocycles. The highest BCUT2D eigenvalue weighted by molar-refractivity contribution is 5.76. The normalized spacial score (nSPS) is 10.5. The molecular weight excluding hydrogens is 162 g/mol. The van der Waals surface area contributed by atoms with Gasteiger partial charge in [0.2, 0.25) is 0 Å². The first kappa shape index (κ1) is 13.3. The Morgan fingerprint density at radius 3 is 2.09 bits per heavy atom. The van der Waals surface area contributed by atoms with Crippen molar-refractivity contribution in [1.82, 2.24) is 0 Å². The van der Waals surface area contributed by atoms with E-state index in [9.17, 15) is 0 Å². The van der Waals surface area contributed by atoms with Crippen LogP contribution in [-0.4, -0.2) is 38.0 Å². The lowest BCUT2D eigenvalue weighted by atomic mass is 10.3. The van der Waals surface area contributed by atoms with Crippen LogP contribution in [0.4, 0.5) is 0 Å². The minimum absolute atomic E-state index is 0. The molecule has 0 radical (unpaired) electrons. The maximum atomic E-state index is 6.97. The zero-order chi connectivity index (χ0) is 8.20. The van der Waals surface area contributed by atoms with Crippen molar-refractivity contribution in [2.75, 3.05) is 27.7 Å². The lowest BCUT2D eigenvalue weighted by molar-refractivity contribution is -0.870. The number of nitrogens with one attached hydrogen (secondary N) is 1. The van der Waals surface area contributed by atoms with Crippen molar-refractivity contribution in [3.63, 3.8) is 0 Å². The third-order valence-electron chi connectivity index (χ3n) is 1.28. The third-order valence-corrected chi connectivity index (χ3v) is 1.28. The summed E-state index contributed by atoms with van der Waals surface area (Å²) in [5.74, 6) is 0.299. The van der Waals surface area contributed by atoms with Crippen molar-refractivity contribution in [3.8, 4) is 0 Å². The highest BCUT2D eigenvalue weighted by Gasteiger charge is 2.05. The van der Waals surface area contributed by atoms with Gasteiger partial charge in [0.05, 0.1) is 33.5 Å². The Kier molecular flexibility index (Phi) is 6.52. The highest BCUT2D eigenvalue weighted by atomic mass is 35.5. The van der Waals surface area contributed by atoms with Gasteiger partial charge in [0, 0.05) is 12.8 Å². The van der Waals surface area contributed by atoms with Crippen molar-refractivity contribution in [2.24, 2.45) is 5.73 Å². The van der Waals surface area contributed by atoms with Crippen LogP contribution in [0, 0.1) is 5.41 Å². The van der Waals surface area contributed by atoms with Gasteiger partial charge in [0.25, 0.3) is 0 Å². The topological polar surface area (TPSA) is 49.9 Å². The lowest BCUT2D eigenvalue weighted by Gasteiger charge is -2.23. The molecule has 0 atom stereocenters. The predicted octanol–water partition coefficient (Wildman–Crippen LogP) is -2.59. The van der Waals surface area contributed by atoms with Gasteiger partial charge in [0.15, 0.2) is 0 Å². The molecule has 68 valence electrons. The first-order chi connectivity index (χ1) is 4.42. The summed E-state index contributed by atoms with van der Waals surface area (Å²) in [6, 6.07) is 0. The Morgan fingerprint density at radius 1 is 1.36 bits per heavy atom. The minimum Gasteiger partial charge on any atom is -1.00 e. The molecule has 0 saturated carbocycles. The van der Waals surface area contributed by atoms with Gasteiger partial charge in [-0.15, -0.1) is 0 Å². The quantitative estimate of drug-likeness (QED) is 0.278. The lowest BCUT2D eigenvalue weighted by Crippen LogP contribution is -3.00. The fourth-order valence-electron chi connectivity index (χ4n) is 0.744. The van der Waals surface area contributed by atoms with Gasteiger partial charge in [-0.3, -0.25) is 5.41 Å². The van der Waals surface area contributed by atoms with E-state index < -0.39 is 0 Å². The van der Waals surface area contributed by atoms with E-state index in [0.717, 1.165) is 23.9 Å². The third kappa shape index (κ3) is 12.8. The van der Waals surface area contributed by atoms with Crippen molar-refractivity contribution in [2.45, 2.75) is 12.8 Å². The summed E-state index contributed by atoms with van der Waals surface area (Å²) >= 11 is 0. The summed E-state index contributed by atoms with van der Waals surface area (Å²) in [5, 5.41) is 6.97. The molecule has 0 rings (SSSR count). The second-order valence-electron chi connectivity index (χ2n) is 3.64. The minimum atomic E-state index is 0. The summed E-state index contributed by atoms with van der Waals surface area (Å²) in [6.07, 6.45) is 1.74. The number of nitrogens with zero attached hydrogens (tertiary/aromatic N) is 1. The van der Waals surface area contributed by atoms with Crippen LogP contribution in [-0.2, 0) is 0 Å². The molecule has 0 spiro atoms. The molecule has 0 amide bonds. The van der Waals surface area contributed by atoms with E-state index in [1.54, 1.807) is 0 Å². The summed E-state index contributed by atoms with van der Waals surface area (Å²) in [7, 11) is 6.42. The van der Waals surface area contributed by atoms with Gasteiger partial charge in [-0.1, -0.05) is 0 Å². The molecule has 3 N–H and O–H groups in total. The van der Waals surface area contributed by atoms with E-state index >= 15 is 0 Å². The predicted molar refractivity (Wildman–Crippen MR) is 44.0 cm³/mol. The van der Waals surface area contributed by atoms with E-state index in [2.05, 4.69) is 21.1 Å². The molecule has 0 aliphatic rings. The SMILES string of the molecule is C[N+](C)(C)CCCC(=N)N.[Cl-]. The van der Waals surface area contributed by atoms with Crippen LogP contribution in [0.3, 0.4) is 0 Å². The van der Waals surface area contributed by atoms with Crippen LogP contribution in [0.1, 0.15) is 12.8 Å². The molecule has 4 heteroatoms. The molecule has 3 nitrogen and oxygen atoms in total. The van der Waals surface area contributed by atoms with Crippen LogP contribution >= 0.6 is 0 Å². The monoisotopic (exact) mass is 179 g/mol. The van der Waals surface area contributed by atoms with Crippen molar-refractivity contribution >= 4 is 5.84 Å². The summed E-state index contributed by atoms with van der Waals surface area (Å²) in [4.78, 5) is 0. The van der Waals surface area contributed by atoms with Crippen molar-refractivity contribution in [3.05, 3.63) is 0 Å². The van der Waals surface area contributed by atoms with Crippen LogP contribution in [0.2, 0.25) is 0 Å². The van der Waals surface area contributed by atoms with Crippen LogP contribution in [0.25, 0.3) is 0 Å². The average molecular weight is 180 g/mol. The zero-order valence-electron chi connectivity index (χ0n) is 7.52. The molecule has 0 aliphatic carbocycles. The molecule has 0 bridgehead atoms. The van der Waals surface area contributed by atoms with E-state index in [4.69, 9.17) is 11.1 Å². The Bertz CT molecular complexity index is 117. The number of amidine groups is 1. The van der Waals surface area contributed by atoms with E-state index in [1.165, 1.54) is 0 Å². The van der Waals surface area contributed by atoms with Crippen molar-refractivity contribution < 1.29 is 16.9 Å².